The molecule has 6 nitrogen and oxygen atoms in total. The van der Waals surface area contributed by atoms with Gasteiger partial charge >= 0.3 is 0 Å². The summed E-state index contributed by atoms with van der Waals surface area (Å²) >= 11 is 0. The third-order valence-corrected chi connectivity index (χ3v) is 8.34. The normalized spacial score (nSPS) is 48.9. The van der Waals surface area contributed by atoms with Crippen LogP contribution in [-0.2, 0) is 9.59 Å². The van der Waals surface area contributed by atoms with Crippen LogP contribution in [0.15, 0.2) is 23.5 Å². The highest BCUT2D eigenvalue weighted by molar-refractivity contribution is 6.04. The molecule has 0 amide bonds. The van der Waals surface area contributed by atoms with Gasteiger partial charge in [0.1, 0.15) is 12.2 Å². The molecule has 4 N–H and O–H groups in total. The molecule has 27 heavy (non-hydrogen) atoms. The topological polar surface area (TPSA) is 115 Å². The maximum Gasteiger partial charge on any atom is 0.219 e. The highest BCUT2D eigenvalue weighted by Gasteiger charge is 2.68. The lowest BCUT2D eigenvalue weighted by Gasteiger charge is -2.59. The Hall–Kier alpha value is -1.50. The molecule has 0 bridgehead atoms. The molecule has 6 heteroatoms. The summed E-state index contributed by atoms with van der Waals surface area (Å²) < 4.78 is 0. The Morgan fingerprint density at radius 2 is 2.00 bits per heavy atom. The Labute approximate surface area is 158 Å². The van der Waals surface area contributed by atoms with Gasteiger partial charge in [-0.15, -0.1) is 0 Å². The van der Waals surface area contributed by atoms with Crippen LogP contribution >= 0.6 is 0 Å². The van der Waals surface area contributed by atoms with Gasteiger partial charge < -0.3 is 20.4 Å². The Bertz CT molecular complexity index is 769. The van der Waals surface area contributed by atoms with Crippen LogP contribution in [0.4, 0.5) is 0 Å². The standard InChI is InChI=1S/C21H28O6/c1-19-8-15(24)14(23)7-11(19)3-4-12-13-5-6-21(27,17(26)10-22)20(13,2)9-16(25)18(12)19/h7-8,12-13,16,18,22,24-25,27H,3-6,9-10H2,1-2H3. The zero-order valence-corrected chi connectivity index (χ0v) is 15.8. The third-order valence-electron chi connectivity index (χ3n) is 8.34. The summed E-state index contributed by atoms with van der Waals surface area (Å²) in [5.74, 6) is -1.31. The average molecular weight is 376 g/mol. The molecule has 0 spiro atoms. The third kappa shape index (κ3) is 2.23. The second kappa shape index (κ2) is 5.75. The fourth-order valence-corrected chi connectivity index (χ4v) is 7.00. The van der Waals surface area contributed by atoms with E-state index in [0.717, 1.165) is 12.0 Å². The fraction of sp³-hybridized carbons (Fsp3) is 0.714. The van der Waals surface area contributed by atoms with Gasteiger partial charge in [0.2, 0.25) is 5.78 Å². The van der Waals surface area contributed by atoms with Crippen molar-refractivity contribution in [2.24, 2.45) is 28.6 Å². The minimum atomic E-state index is -1.62. The number of fused-ring (bicyclic) bond motifs is 5. The van der Waals surface area contributed by atoms with E-state index in [1.54, 1.807) is 6.08 Å². The molecular formula is C21H28O6. The molecule has 4 aliphatic rings. The second-order valence-electron chi connectivity index (χ2n) is 9.35. The van der Waals surface area contributed by atoms with Crippen LogP contribution in [0, 0.1) is 28.6 Å². The number of hydrogen-bond donors (Lipinski definition) is 4. The Morgan fingerprint density at radius 3 is 2.67 bits per heavy atom. The minimum absolute atomic E-state index is 0.0398. The molecule has 0 aliphatic heterocycles. The number of hydrogen-bond acceptors (Lipinski definition) is 6. The first kappa shape index (κ1) is 18.8. The number of aliphatic hydroxyl groups is 4. The molecule has 0 radical (unpaired) electrons. The quantitative estimate of drug-likeness (QED) is 0.580. The minimum Gasteiger partial charge on any atom is -0.504 e. The summed E-state index contributed by atoms with van der Waals surface area (Å²) in [5.41, 5.74) is -2.07. The van der Waals surface area contributed by atoms with E-state index in [9.17, 15) is 30.0 Å². The number of allylic oxidation sites excluding steroid dienone is 3. The van der Waals surface area contributed by atoms with Gasteiger partial charge in [0.05, 0.1) is 6.10 Å². The molecular weight excluding hydrogens is 348 g/mol. The van der Waals surface area contributed by atoms with Crippen LogP contribution in [0.2, 0.25) is 0 Å². The molecule has 7 atom stereocenters. The van der Waals surface area contributed by atoms with Crippen LogP contribution in [-0.4, -0.2) is 50.3 Å². The van der Waals surface area contributed by atoms with Crippen LogP contribution < -0.4 is 0 Å². The van der Waals surface area contributed by atoms with E-state index in [-0.39, 0.29) is 35.7 Å². The van der Waals surface area contributed by atoms with Crippen LogP contribution in [0.1, 0.15) is 46.0 Å². The van der Waals surface area contributed by atoms with Crippen molar-refractivity contribution in [2.75, 3.05) is 6.61 Å². The summed E-state index contributed by atoms with van der Waals surface area (Å²) in [7, 11) is 0. The molecule has 3 fully saturated rings. The van der Waals surface area contributed by atoms with Crippen molar-refractivity contribution < 1.29 is 30.0 Å². The molecule has 0 aromatic rings. The first-order valence-electron chi connectivity index (χ1n) is 9.80. The van der Waals surface area contributed by atoms with E-state index in [2.05, 4.69) is 0 Å². The second-order valence-corrected chi connectivity index (χ2v) is 9.35. The highest BCUT2D eigenvalue weighted by Crippen LogP contribution is 2.67. The van der Waals surface area contributed by atoms with Crippen molar-refractivity contribution in [3.05, 3.63) is 23.5 Å². The van der Waals surface area contributed by atoms with E-state index >= 15 is 0 Å². The van der Waals surface area contributed by atoms with Gasteiger partial charge in [0.15, 0.2) is 11.5 Å². The summed E-state index contributed by atoms with van der Waals surface area (Å²) in [6, 6.07) is 0. The van der Waals surface area contributed by atoms with Crippen molar-refractivity contribution in [1.82, 2.24) is 0 Å². The first-order valence-corrected chi connectivity index (χ1v) is 9.80. The SMILES string of the molecule is CC12C=C(O)C(=O)C=C1CCC1C2C(O)CC2(C)C1CCC2(O)C(=O)CO. The van der Waals surface area contributed by atoms with Gasteiger partial charge in [-0.05, 0) is 56.1 Å². The van der Waals surface area contributed by atoms with Gasteiger partial charge in [-0.25, -0.2) is 0 Å². The molecule has 0 heterocycles. The van der Waals surface area contributed by atoms with Gasteiger partial charge in [0.25, 0.3) is 0 Å². The lowest BCUT2D eigenvalue weighted by molar-refractivity contribution is -0.178. The number of rotatable bonds is 2. The first-order chi connectivity index (χ1) is 12.6. The number of Topliss-reactive ketones (excluding diaryl/α,β-unsaturated/α-hetero) is 1. The molecule has 0 saturated heterocycles. The van der Waals surface area contributed by atoms with Crippen LogP contribution in [0.25, 0.3) is 0 Å². The Morgan fingerprint density at radius 1 is 1.30 bits per heavy atom. The molecule has 4 aliphatic carbocycles. The zero-order valence-electron chi connectivity index (χ0n) is 15.8. The van der Waals surface area contributed by atoms with E-state index < -0.39 is 34.9 Å². The van der Waals surface area contributed by atoms with E-state index in [4.69, 9.17) is 0 Å². The fourth-order valence-electron chi connectivity index (χ4n) is 7.00. The van der Waals surface area contributed by atoms with Gasteiger partial charge in [-0.3, -0.25) is 9.59 Å². The number of ketones is 2. The Kier molecular flexibility index (Phi) is 4.01. The maximum absolute atomic E-state index is 12.4. The molecule has 7 unspecified atom stereocenters. The summed E-state index contributed by atoms with van der Waals surface area (Å²) in [4.78, 5) is 24.3. The highest BCUT2D eigenvalue weighted by atomic mass is 16.3. The maximum atomic E-state index is 12.4. The average Bonchev–Trinajstić information content (AvgIpc) is 2.87. The Balaban J connectivity index is 1.76. The summed E-state index contributed by atoms with van der Waals surface area (Å²) in [6.07, 6.45) is 5.00. The van der Waals surface area contributed by atoms with Crippen LogP contribution in [0.3, 0.4) is 0 Å². The lowest BCUT2D eigenvalue weighted by atomic mass is 9.46. The summed E-state index contributed by atoms with van der Waals surface area (Å²) in [6.45, 7) is 3.12. The molecule has 0 aromatic heterocycles. The van der Waals surface area contributed by atoms with Crippen molar-refractivity contribution in [1.29, 1.82) is 0 Å². The van der Waals surface area contributed by atoms with Gasteiger partial charge in [-0.2, -0.15) is 0 Å². The van der Waals surface area contributed by atoms with Crippen molar-refractivity contribution in [3.63, 3.8) is 0 Å². The molecule has 3 saturated carbocycles. The number of carbonyl (C=O) groups excluding carboxylic acids is 2. The molecule has 4 rings (SSSR count). The van der Waals surface area contributed by atoms with Gasteiger partial charge in [0, 0.05) is 16.7 Å². The van der Waals surface area contributed by atoms with Crippen molar-refractivity contribution >= 4 is 11.6 Å². The lowest BCUT2D eigenvalue weighted by Crippen LogP contribution is -2.61. The number of aliphatic hydroxyl groups excluding tert-OH is 3. The monoisotopic (exact) mass is 376 g/mol. The van der Waals surface area contributed by atoms with Crippen molar-refractivity contribution in [3.8, 4) is 0 Å². The van der Waals surface area contributed by atoms with E-state index in [0.29, 0.717) is 19.3 Å². The van der Waals surface area contributed by atoms with E-state index in [1.165, 1.54) is 6.08 Å². The largest absolute Gasteiger partial charge is 0.504 e. The molecule has 148 valence electrons. The number of carbonyl (C=O) groups is 2. The van der Waals surface area contributed by atoms with E-state index in [1.807, 2.05) is 13.8 Å². The van der Waals surface area contributed by atoms with Crippen LogP contribution in [0.5, 0.6) is 0 Å². The predicted octanol–water partition coefficient (Wildman–Crippen LogP) is 1.44. The predicted molar refractivity (Wildman–Crippen MR) is 96.6 cm³/mol. The molecule has 0 aromatic carbocycles. The van der Waals surface area contributed by atoms with Gasteiger partial charge in [-0.1, -0.05) is 19.4 Å². The summed E-state index contributed by atoms with van der Waals surface area (Å²) in [5, 5.41) is 41.7. The van der Waals surface area contributed by atoms with Crippen molar-refractivity contribution in [2.45, 2.75) is 57.7 Å². The zero-order chi connectivity index (χ0) is 19.8. The smallest absolute Gasteiger partial charge is 0.219 e.